The molecule has 0 unspecified atom stereocenters. The summed E-state index contributed by atoms with van der Waals surface area (Å²) in [5, 5.41) is 2.83. The molecule has 1 aromatic carbocycles. The SMILES string of the molecule is CCc1cnccc1CNC(=O)c1ccc(SC(F)F)cc1. The minimum atomic E-state index is -2.46. The van der Waals surface area contributed by atoms with Crippen molar-refractivity contribution in [1.29, 1.82) is 0 Å². The number of benzene rings is 1. The Bertz CT molecular complexity index is 632. The van der Waals surface area contributed by atoms with Gasteiger partial charge in [0.1, 0.15) is 0 Å². The van der Waals surface area contributed by atoms with Gasteiger partial charge in [-0.05, 0) is 47.9 Å². The van der Waals surface area contributed by atoms with E-state index in [1.165, 1.54) is 12.1 Å². The van der Waals surface area contributed by atoms with Crippen LogP contribution >= 0.6 is 11.8 Å². The molecule has 22 heavy (non-hydrogen) atoms. The first-order chi connectivity index (χ1) is 10.6. The lowest BCUT2D eigenvalue weighted by Crippen LogP contribution is -2.23. The lowest BCUT2D eigenvalue weighted by molar-refractivity contribution is 0.0950. The predicted molar refractivity (Wildman–Crippen MR) is 83.1 cm³/mol. The number of aryl methyl sites for hydroxylation is 1. The van der Waals surface area contributed by atoms with Gasteiger partial charge < -0.3 is 5.32 Å². The highest BCUT2D eigenvalue weighted by molar-refractivity contribution is 7.99. The molecule has 1 heterocycles. The zero-order chi connectivity index (χ0) is 15.9. The zero-order valence-corrected chi connectivity index (χ0v) is 12.9. The van der Waals surface area contributed by atoms with Crippen molar-refractivity contribution < 1.29 is 13.6 Å². The average Bonchev–Trinajstić information content (AvgIpc) is 2.53. The fourth-order valence-electron chi connectivity index (χ4n) is 2.01. The molecule has 0 aliphatic heterocycles. The summed E-state index contributed by atoms with van der Waals surface area (Å²) < 4.78 is 24.5. The normalized spacial score (nSPS) is 10.7. The Kier molecular flexibility index (Phi) is 5.89. The number of amides is 1. The highest BCUT2D eigenvalue weighted by Crippen LogP contribution is 2.25. The van der Waals surface area contributed by atoms with Gasteiger partial charge in [-0.15, -0.1) is 0 Å². The van der Waals surface area contributed by atoms with Gasteiger partial charge in [0.05, 0.1) is 0 Å². The molecule has 0 fully saturated rings. The smallest absolute Gasteiger partial charge is 0.288 e. The summed E-state index contributed by atoms with van der Waals surface area (Å²) >= 11 is 0.462. The Morgan fingerprint density at radius 2 is 1.95 bits per heavy atom. The molecule has 0 radical (unpaired) electrons. The predicted octanol–water partition coefficient (Wildman–Crippen LogP) is 3.89. The fourth-order valence-corrected chi connectivity index (χ4v) is 2.51. The molecule has 0 atom stereocenters. The number of alkyl halides is 2. The van der Waals surface area contributed by atoms with Crippen molar-refractivity contribution in [1.82, 2.24) is 10.3 Å². The van der Waals surface area contributed by atoms with Crippen LogP contribution in [0.3, 0.4) is 0 Å². The first-order valence-corrected chi connectivity index (χ1v) is 7.73. The van der Waals surface area contributed by atoms with Gasteiger partial charge in [0, 0.05) is 29.4 Å². The van der Waals surface area contributed by atoms with Crippen LogP contribution in [0.2, 0.25) is 0 Å². The molecular formula is C16H16F2N2OS. The number of hydrogen-bond donors (Lipinski definition) is 1. The molecule has 0 bridgehead atoms. The van der Waals surface area contributed by atoms with Gasteiger partial charge in [-0.2, -0.15) is 8.78 Å². The molecular weight excluding hydrogens is 306 g/mol. The van der Waals surface area contributed by atoms with Crippen molar-refractivity contribution in [2.24, 2.45) is 0 Å². The average molecular weight is 322 g/mol. The Hall–Kier alpha value is -1.95. The molecule has 0 saturated heterocycles. The standard InChI is InChI=1S/C16H16F2N2OS/c1-2-11-9-19-8-7-13(11)10-20-15(21)12-3-5-14(6-4-12)22-16(17)18/h3-9,16H,2,10H2,1H3,(H,20,21). The van der Waals surface area contributed by atoms with Gasteiger partial charge in [0.2, 0.25) is 0 Å². The molecule has 1 aromatic heterocycles. The molecule has 0 aliphatic carbocycles. The number of hydrogen-bond acceptors (Lipinski definition) is 3. The van der Waals surface area contributed by atoms with Crippen LogP contribution in [0.4, 0.5) is 8.78 Å². The highest BCUT2D eigenvalue weighted by atomic mass is 32.2. The number of halogens is 2. The van der Waals surface area contributed by atoms with Crippen LogP contribution in [-0.4, -0.2) is 16.6 Å². The van der Waals surface area contributed by atoms with Crippen LogP contribution in [0.15, 0.2) is 47.6 Å². The number of thioether (sulfide) groups is 1. The maximum Gasteiger partial charge on any atom is 0.288 e. The van der Waals surface area contributed by atoms with E-state index in [0.717, 1.165) is 17.5 Å². The zero-order valence-electron chi connectivity index (χ0n) is 12.1. The first kappa shape index (κ1) is 16.4. The van der Waals surface area contributed by atoms with E-state index >= 15 is 0 Å². The van der Waals surface area contributed by atoms with E-state index in [1.807, 2.05) is 13.0 Å². The third-order valence-electron chi connectivity index (χ3n) is 3.17. The molecule has 2 aromatic rings. The molecule has 6 heteroatoms. The van der Waals surface area contributed by atoms with Crippen LogP contribution in [-0.2, 0) is 13.0 Å². The van der Waals surface area contributed by atoms with Crippen LogP contribution in [0, 0.1) is 0 Å². The second-order valence-electron chi connectivity index (χ2n) is 4.58. The summed E-state index contributed by atoms with van der Waals surface area (Å²) in [5.41, 5.74) is 2.56. The minimum absolute atomic E-state index is 0.229. The summed E-state index contributed by atoms with van der Waals surface area (Å²) in [6.45, 7) is 2.44. The topological polar surface area (TPSA) is 42.0 Å². The van der Waals surface area contributed by atoms with E-state index in [0.29, 0.717) is 28.8 Å². The minimum Gasteiger partial charge on any atom is -0.348 e. The second kappa shape index (κ2) is 7.89. The lowest BCUT2D eigenvalue weighted by Gasteiger charge is -2.09. The van der Waals surface area contributed by atoms with Crippen LogP contribution in [0.1, 0.15) is 28.4 Å². The number of nitrogens with one attached hydrogen (secondary N) is 1. The number of carbonyl (C=O) groups excluding carboxylic acids is 1. The molecule has 3 nitrogen and oxygen atoms in total. The van der Waals surface area contributed by atoms with Gasteiger partial charge >= 0.3 is 0 Å². The molecule has 0 saturated carbocycles. The summed E-state index contributed by atoms with van der Waals surface area (Å²) in [5.74, 6) is -2.69. The third kappa shape index (κ3) is 4.53. The van der Waals surface area contributed by atoms with E-state index in [9.17, 15) is 13.6 Å². The molecule has 0 aliphatic rings. The van der Waals surface area contributed by atoms with E-state index in [1.54, 1.807) is 24.5 Å². The third-order valence-corrected chi connectivity index (χ3v) is 3.89. The Morgan fingerprint density at radius 1 is 1.23 bits per heavy atom. The van der Waals surface area contributed by atoms with Gasteiger partial charge in [-0.3, -0.25) is 9.78 Å². The summed E-state index contributed by atoms with van der Waals surface area (Å²) in [6.07, 6.45) is 4.33. The Morgan fingerprint density at radius 3 is 2.59 bits per heavy atom. The van der Waals surface area contributed by atoms with Crippen molar-refractivity contribution >= 4 is 17.7 Å². The summed E-state index contributed by atoms with van der Waals surface area (Å²) in [4.78, 5) is 16.6. The van der Waals surface area contributed by atoms with Crippen molar-refractivity contribution in [3.63, 3.8) is 0 Å². The van der Waals surface area contributed by atoms with Crippen molar-refractivity contribution in [2.45, 2.75) is 30.5 Å². The monoisotopic (exact) mass is 322 g/mol. The molecule has 116 valence electrons. The van der Waals surface area contributed by atoms with Crippen LogP contribution in [0.25, 0.3) is 0 Å². The molecule has 1 amide bonds. The molecule has 2 rings (SSSR count). The lowest BCUT2D eigenvalue weighted by atomic mass is 10.1. The Balaban J connectivity index is 1.97. The fraction of sp³-hybridized carbons (Fsp3) is 0.250. The number of rotatable bonds is 6. The van der Waals surface area contributed by atoms with Gasteiger partial charge in [-0.25, -0.2) is 0 Å². The summed E-state index contributed by atoms with van der Waals surface area (Å²) in [7, 11) is 0. The van der Waals surface area contributed by atoms with Crippen LogP contribution in [0.5, 0.6) is 0 Å². The first-order valence-electron chi connectivity index (χ1n) is 6.85. The maximum atomic E-state index is 12.2. The number of nitrogens with zero attached hydrogens (tertiary/aromatic N) is 1. The van der Waals surface area contributed by atoms with Gasteiger partial charge in [0.15, 0.2) is 0 Å². The Labute approximate surface area is 132 Å². The summed E-state index contributed by atoms with van der Waals surface area (Å²) in [6, 6.07) is 8.02. The number of aromatic nitrogens is 1. The van der Waals surface area contributed by atoms with E-state index in [2.05, 4.69) is 10.3 Å². The van der Waals surface area contributed by atoms with E-state index < -0.39 is 5.76 Å². The largest absolute Gasteiger partial charge is 0.348 e. The quantitative estimate of drug-likeness (QED) is 0.821. The highest BCUT2D eigenvalue weighted by Gasteiger charge is 2.09. The van der Waals surface area contributed by atoms with Crippen molar-refractivity contribution in [2.75, 3.05) is 0 Å². The second-order valence-corrected chi connectivity index (χ2v) is 5.65. The van der Waals surface area contributed by atoms with Gasteiger partial charge in [-0.1, -0.05) is 18.7 Å². The van der Waals surface area contributed by atoms with E-state index in [4.69, 9.17) is 0 Å². The van der Waals surface area contributed by atoms with Crippen LogP contribution < -0.4 is 5.32 Å². The molecule has 1 N–H and O–H groups in total. The number of carbonyl (C=O) groups is 1. The number of pyridine rings is 1. The van der Waals surface area contributed by atoms with Crippen molar-refractivity contribution in [3.8, 4) is 0 Å². The van der Waals surface area contributed by atoms with Crippen molar-refractivity contribution in [3.05, 3.63) is 59.4 Å². The molecule has 0 spiro atoms. The maximum absolute atomic E-state index is 12.2. The van der Waals surface area contributed by atoms with E-state index in [-0.39, 0.29) is 5.91 Å². The van der Waals surface area contributed by atoms with Gasteiger partial charge in [0.25, 0.3) is 11.7 Å².